The third-order valence-electron chi connectivity index (χ3n) is 9.46. The molecular formula is C27H33F3N4OS. The van der Waals surface area contributed by atoms with Gasteiger partial charge < -0.3 is 15.1 Å². The molecule has 8 rings (SSSR count). The molecular weight excluding hydrogens is 485 g/mol. The van der Waals surface area contributed by atoms with E-state index in [0.29, 0.717) is 48.4 Å². The minimum Gasteiger partial charge on any atom is -0.369 e. The second-order valence-electron chi connectivity index (χ2n) is 12.1. The summed E-state index contributed by atoms with van der Waals surface area (Å²) in [7, 11) is 0. The Bertz CT molecular complexity index is 1190. The molecule has 2 bridgehead atoms. The molecule has 1 N–H and O–H groups in total. The molecule has 2 aromatic heterocycles. The van der Waals surface area contributed by atoms with Crippen LogP contribution in [0.25, 0.3) is 10.2 Å². The largest absolute Gasteiger partial charge is 0.419 e. The Morgan fingerprint density at radius 2 is 1.97 bits per heavy atom. The molecule has 0 aromatic carbocycles. The number of aromatic nitrogens is 1. The zero-order chi connectivity index (χ0) is 24.8. The number of piperidine rings is 2. The van der Waals surface area contributed by atoms with Crippen molar-refractivity contribution in [3.63, 3.8) is 0 Å². The van der Waals surface area contributed by atoms with E-state index in [9.17, 15) is 18.0 Å². The first-order valence-corrected chi connectivity index (χ1v) is 14.3. The normalized spacial score (nSPS) is 31.1. The third-order valence-corrected chi connectivity index (χ3v) is 10.6. The van der Waals surface area contributed by atoms with Crippen molar-refractivity contribution in [3.8, 4) is 0 Å². The van der Waals surface area contributed by atoms with Crippen LogP contribution in [0.4, 0.5) is 18.9 Å². The first-order chi connectivity index (χ1) is 17.2. The van der Waals surface area contributed by atoms with E-state index in [0.717, 1.165) is 35.8 Å². The number of halogens is 3. The summed E-state index contributed by atoms with van der Waals surface area (Å²) >= 11 is 1.47. The average Bonchev–Trinajstić information content (AvgIpc) is 3.51. The predicted octanol–water partition coefficient (Wildman–Crippen LogP) is 5.08. The number of nitrogens with one attached hydrogen (secondary N) is 1. The van der Waals surface area contributed by atoms with Crippen molar-refractivity contribution in [1.82, 2.24) is 15.2 Å². The van der Waals surface area contributed by atoms with Gasteiger partial charge in [-0.3, -0.25) is 4.79 Å². The smallest absolute Gasteiger partial charge is 0.369 e. The molecule has 6 heterocycles. The number of rotatable bonds is 5. The molecule has 4 saturated heterocycles. The Hall–Kier alpha value is -1.87. The summed E-state index contributed by atoms with van der Waals surface area (Å²) in [5, 5.41) is 4.31. The van der Waals surface area contributed by atoms with E-state index >= 15 is 0 Å². The van der Waals surface area contributed by atoms with Crippen LogP contribution in [0.3, 0.4) is 0 Å². The van der Waals surface area contributed by atoms with Crippen molar-refractivity contribution in [2.45, 2.75) is 70.1 Å². The van der Waals surface area contributed by atoms with Crippen LogP contribution in [0.2, 0.25) is 0 Å². The fraction of sp³-hybridized carbons (Fsp3) is 0.704. The average molecular weight is 519 g/mol. The standard InChI is InChI=1S/C27H33F3N4OS/c1-2-18-9-19-23(20(27(28,29)30)10-31-24(19)36-18)33-11-26(12-33)13-34(14-26)25(35)22-16-5-6-21(32-22)17(8-16)7-15-3-4-15/h9-10,15-17,21-22,32H,2-8,11-14H2,1H3/t16-,17+,21+,22+/m1/s1. The molecule has 1 spiro atoms. The number of carbonyl (C=O) groups excluding carboxylic acids is 1. The quantitative estimate of drug-likeness (QED) is 0.600. The highest BCUT2D eigenvalue weighted by Gasteiger charge is 2.56. The van der Waals surface area contributed by atoms with Crippen LogP contribution in [0.5, 0.6) is 0 Å². The lowest BCUT2D eigenvalue weighted by molar-refractivity contribution is -0.152. The van der Waals surface area contributed by atoms with Crippen molar-refractivity contribution in [1.29, 1.82) is 0 Å². The van der Waals surface area contributed by atoms with Gasteiger partial charge in [-0.25, -0.2) is 4.98 Å². The number of anilines is 1. The van der Waals surface area contributed by atoms with Gasteiger partial charge in [-0.05, 0) is 55.9 Å². The Morgan fingerprint density at radius 1 is 1.19 bits per heavy atom. The Kier molecular flexibility index (Phi) is 5.21. The van der Waals surface area contributed by atoms with E-state index in [2.05, 4.69) is 10.3 Å². The molecule has 6 aliphatic rings. The fourth-order valence-corrected chi connectivity index (χ4v) is 8.43. The number of nitrogens with zero attached hydrogens (tertiary/aromatic N) is 3. The van der Waals surface area contributed by atoms with Crippen LogP contribution in [0.15, 0.2) is 12.3 Å². The first-order valence-electron chi connectivity index (χ1n) is 13.5. The SMILES string of the molecule is CCc1cc2c(N3CC4(CN(C(=O)[C@H]5N[C@H]6CC[C@@H]5C[C@@H]6CC5CC5)C4)C3)c(C(F)(F)F)cnc2s1. The Morgan fingerprint density at radius 3 is 2.61 bits per heavy atom. The fourth-order valence-electron chi connectivity index (χ4n) is 7.49. The van der Waals surface area contributed by atoms with Gasteiger partial charge in [0.05, 0.1) is 17.3 Å². The van der Waals surface area contributed by atoms with Crippen molar-refractivity contribution in [2.75, 3.05) is 31.1 Å². The predicted molar refractivity (Wildman–Crippen MR) is 134 cm³/mol. The van der Waals surface area contributed by atoms with Crippen LogP contribution in [-0.2, 0) is 17.4 Å². The number of aryl methyl sites for hydroxylation is 1. The van der Waals surface area contributed by atoms with Crippen molar-refractivity contribution < 1.29 is 18.0 Å². The van der Waals surface area contributed by atoms with Crippen LogP contribution in [-0.4, -0.2) is 54.1 Å². The third kappa shape index (κ3) is 3.75. The number of amides is 1. The topological polar surface area (TPSA) is 48.5 Å². The Labute approximate surface area is 213 Å². The van der Waals surface area contributed by atoms with Gasteiger partial charge in [0.15, 0.2) is 0 Å². The Balaban J connectivity index is 1.03. The van der Waals surface area contributed by atoms with Gasteiger partial charge in [0.1, 0.15) is 4.83 Å². The van der Waals surface area contributed by atoms with Gasteiger partial charge in [0.2, 0.25) is 5.91 Å². The van der Waals surface area contributed by atoms with Gasteiger partial charge in [-0.15, -0.1) is 11.3 Å². The highest BCUT2D eigenvalue weighted by atomic mass is 32.1. The molecule has 4 atom stereocenters. The molecule has 36 heavy (non-hydrogen) atoms. The summed E-state index contributed by atoms with van der Waals surface area (Å²) in [6, 6.07) is 2.29. The van der Waals surface area contributed by atoms with Gasteiger partial charge >= 0.3 is 6.18 Å². The van der Waals surface area contributed by atoms with E-state index in [-0.39, 0.29) is 23.1 Å². The molecule has 6 fully saturated rings. The summed E-state index contributed by atoms with van der Waals surface area (Å²) in [6.07, 6.45) is 4.92. The summed E-state index contributed by atoms with van der Waals surface area (Å²) in [5.41, 5.74) is -0.465. The maximum atomic E-state index is 13.9. The number of fused-ring (bicyclic) bond motifs is 4. The lowest BCUT2D eigenvalue weighted by atomic mass is 9.67. The molecule has 1 amide bonds. The van der Waals surface area contributed by atoms with Crippen molar-refractivity contribution in [2.24, 2.45) is 23.2 Å². The van der Waals surface area contributed by atoms with E-state index in [1.54, 1.807) is 0 Å². The van der Waals surface area contributed by atoms with Crippen LogP contribution in [0.1, 0.15) is 55.9 Å². The zero-order valence-corrected chi connectivity index (χ0v) is 21.4. The van der Waals surface area contributed by atoms with Gasteiger partial charge in [0, 0.05) is 54.1 Å². The van der Waals surface area contributed by atoms with E-state index in [1.807, 2.05) is 22.8 Å². The molecule has 194 valence electrons. The number of hydrogen-bond acceptors (Lipinski definition) is 5. The monoisotopic (exact) mass is 518 g/mol. The molecule has 4 aliphatic heterocycles. The maximum absolute atomic E-state index is 13.9. The summed E-state index contributed by atoms with van der Waals surface area (Å²) in [5.74, 6) is 2.30. The van der Waals surface area contributed by atoms with Gasteiger partial charge in [0.25, 0.3) is 0 Å². The molecule has 2 saturated carbocycles. The van der Waals surface area contributed by atoms with Crippen LogP contribution < -0.4 is 10.2 Å². The lowest BCUT2D eigenvalue weighted by Gasteiger charge is -2.62. The van der Waals surface area contributed by atoms with Crippen molar-refractivity contribution >= 4 is 33.1 Å². The number of carbonyl (C=O) groups is 1. The molecule has 2 aromatic rings. The highest BCUT2D eigenvalue weighted by Crippen LogP contribution is 2.50. The second kappa shape index (κ2) is 8.06. The van der Waals surface area contributed by atoms with Gasteiger partial charge in [-0.2, -0.15) is 13.2 Å². The molecule has 5 nitrogen and oxygen atoms in total. The molecule has 0 unspecified atom stereocenters. The lowest BCUT2D eigenvalue weighted by Crippen LogP contribution is -2.75. The summed E-state index contributed by atoms with van der Waals surface area (Å²) < 4.78 is 41.7. The van der Waals surface area contributed by atoms with Crippen molar-refractivity contribution in [3.05, 3.63) is 22.7 Å². The zero-order valence-electron chi connectivity index (χ0n) is 20.6. The number of pyridine rings is 1. The van der Waals surface area contributed by atoms with E-state index in [1.165, 1.54) is 43.4 Å². The first kappa shape index (κ1) is 23.3. The molecule has 2 aliphatic carbocycles. The summed E-state index contributed by atoms with van der Waals surface area (Å²) in [6.45, 7) is 4.44. The highest BCUT2D eigenvalue weighted by molar-refractivity contribution is 7.18. The minimum absolute atomic E-state index is 0.0670. The van der Waals surface area contributed by atoms with E-state index in [4.69, 9.17) is 0 Å². The van der Waals surface area contributed by atoms with E-state index < -0.39 is 11.7 Å². The number of alkyl halides is 3. The number of hydrogen-bond donors (Lipinski definition) is 1. The molecule has 9 heteroatoms. The minimum atomic E-state index is -4.45. The van der Waals surface area contributed by atoms with Crippen LogP contribution >= 0.6 is 11.3 Å². The summed E-state index contributed by atoms with van der Waals surface area (Å²) in [4.78, 5) is 23.0. The second-order valence-corrected chi connectivity index (χ2v) is 13.2. The van der Waals surface area contributed by atoms with Gasteiger partial charge in [-0.1, -0.05) is 19.8 Å². The maximum Gasteiger partial charge on any atom is 0.419 e. The number of thiophene rings is 1. The van der Waals surface area contributed by atoms with Crippen LogP contribution in [0, 0.1) is 23.2 Å². The number of likely N-dealkylation sites (tertiary alicyclic amines) is 1. The molecule has 0 radical (unpaired) electrons.